The second-order valence-corrected chi connectivity index (χ2v) is 7.09. The molecule has 0 aromatic heterocycles. The highest BCUT2D eigenvalue weighted by molar-refractivity contribution is 5.85. The summed E-state index contributed by atoms with van der Waals surface area (Å²) in [5.74, 6) is 0.373. The molecule has 1 aromatic carbocycles. The molecule has 3 atom stereocenters. The lowest BCUT2D eigenvalue weighted by molar-refractivity contribution is -0.152. The number of nitrogens with zero attached hydrogens (tertiary/aromatic N) is 1. The topological polar surface area (TPSA) is 55.8 Å². The minimum Gasteiger partial charge on any atom is -0.494 e. The Morgan fingerprint density at radius 1 is 1.19 bits per heavy atom. The Kier molecular flexibility index (Phi) is 6.12. The first-order valence-corrected chi connectivity index (χ1v) is 9.37. The number of likely N-dealkylation sites (tertiary alicyclic amines) is 1. The molecule has 6 heteroatoms. The predicted molar refractivity (Wildman–Crippen MR) is 94.1 cm³/mol. The first-order valence-electron chi connectivity index (χ1n) is 9.37. The molecule has 1 aliphatic heterocycles. The third-order valence-corrected chi connectivity index (χ3v) is 5.47. The number of methoxy groups -OCH3 is 1. The van der Waals surface area contributed by atoms with Gasteiger partial charge < -0.3 is 14.4 Å². The van der Waals surface area contributed by atoms with Gasteiger partial charge in [0.1, 0.15) is 17.6 Å². The van der Waals surface area contributed by atoms with Crippen LogP contribution in [0.15, 0.2) is 24.3 Å². The highest BCUT2D eigenvalue weighted by Crippen LogP contribution is 2.40. The van der Waals surface area contributed by atoms with E-state index in [1.807, 2.05) is 0 Å². The van der Waals surface area contributed by atoms with Gasteiger partial charge in [0.15, 0.2) is 0 Å². The Morgan fingerprint density at radius 3 is 2.65 bits per heavy atom. The zero-order valence-electron chi connectivity index (χ0n) is 15.2. The fraction of sp³-hybridized carbons (Fsp3) is 0.600. The van der Waals surface area contributed by atoms with E-state index in [4.69, 9.17) is 9.47 Å². The van der Waals surface area contributed by atoms with Crippen molar-refractivity contribution < 1.29 is 23.5 Å². The lowest BCUT2D eigenvalue weighted by Gasteiger charge is -2.33. The summed E-state index contributed by atoms with van der Waals surface area (Å²) in [6.07, 6.45) is 5.92. The fourth-order valence-corrected chi connectivity index (χ4v) is 4.24. The van der Waals surface area contributed by atoms with Crippen molar-refractivity contribution in [3.05, 3.63) is 30.1 Å². The number of carbonyl (C=O) groups is 2. The van der Waals surface area contributed by atoms with Crippen LogP contribution in [0.2, 0.25) is 0 Å². The van der Waals surface area contributed by atoms with Crippen molar-refractivity contribution in [2.45, 2.75) is 57.0 Å². The summed E-state index contributed by atoms with van der Waals surface area (Å²) in [6, 6.07) is 5.54. The number of esters is 1. The minimum atomic E-state index is -0.446. The molecule has 5 nitrogen and oxygen atoms in total. The van der Waals surface area contributed by atoms with Crippen LogP contribution in [0.25, 0.3) is 0 Å². The van der Waals surface area contributed by atoms with Crippen molar-refractivity contribution in [2.24, 2.45) is 5.92 Å². The van der Waals surface area contributed by atoms with Crippen LogP contribution in [0.3, 0.4) is 0 Å². The van der Waals surface area contributed by atoms with Crippen LogP contribution < -0.4 is 4.74 Å². The smallest absolute Gasteiger partial charge is 0.328 e. The summed E-state index contributed by atoms with van der Waals surface area (Å²) in [7, 11) is 1.38. The van der Waals surface area contributed by atoms with Crippen LogP contribution in [0.5, 0.6) is 5.75 Å². The fourth-order valence-electron chi connectivity index (χ4n) is 4.24. The van der Waals surface area contributed by atoms with Gasteiger partial charge in [-0.25, -0.2) is 9.18 Å². The second kappa shape index (κ2) is 8.52. The lowest BCUT2D eigenvalue weighted by atomic mass is 9.84. The molecule has 1 heterocycles. The molecule has 1 saturated carbocycles. The second-order valence-electron chi connectivity index (χ2n) is 7.09. The summed E-state index contributed by atoms with van der Waals surface area (Å²) in [5, 5.41) is 0. The number of halogens is 1. The molecule has 2 aliphatic rings. The number of rotatable bonds is 6. The predicted octanol–water partition coefficient (Wildman–Crippen LogP) is 3.32. The molecular formula is C20H26FNO4. The summed E-state index contributed by atoms with van der Waals surface area (Å²) < 4.78 is 23.3. The van der Waals surface area contributed by atoms with Gasteiger partial charge in [-0.2, -0.15) is 0 Å². The van der Waals surface area contributed by atoms with E-state index in [9.17, 15) is 14.0 Å². The normalized spacial score (nSPS) is 24.8. The van der Waals surface area contributed by atoms with Crippen molar-refractivity contribution in [1.82, 2.24) is 4.90 Å². The third kappa shape index (κ3) is 4.17. The average molecular weight is 363 g/mol. The summed E-state index contributed by atoms with van der Waals surface area (Å²) in [6.45, 7) is 0.377. The largest absolute Gasteiger partial charge is 0.494 e. The number of amides is 1. The zero-order chi connectivity index (χ0) is 18.5. The molecule has 2 fully saturated rings. The first-order chi connectivity index (χ1) is 12.6. The van der Waals surface area contributed by atoms with E-state index in [0.29, 0.717) is 31.1 Å². The molecule has 3 rings (SSSR count). The highest BCUT2D eigenvalue weighted by Gasteiger charge is 2.47. The molecule has 142 valence electrons. The number of carbonyl (C=O) groups excluding carboxylic acids is 2. The molecule has 1 aliphatic carbocycles. The number of hydrogen-bond acceptors (Lipinski definition) is 4. The Balaban J connectivity index is 1.54. The van der Waals surface area contributed by atoms with Gasteiger partial charge in [0.05, 0.1) is 13.7 Å². The molecule has 1 amide bonds. The van der Waals surface area contributed by atoms with Crippen molar-refractivity contribution in [3.8, 4) is 5.75 Å². The van der Waals surface area contributed by atoms with Crippen molar-refractivity contribution in [2.75, 3.05) is 13.7 Å². The van der Waals surface area contributed by atoms with E-state index >= 15 is 0 Å². The van der Waals surface area contributed by atoms with E-state index in [0.717, 1.165) is 25.7 Å². The SMILES string of the molecule is COC(=O)C1CC2CCCCC2N1C(=O)CCCOc1ccc(F)cc1. The third-order valence-electron chi connectivity index (χ3n) is 5.47. The number of benzene rings is 1. The van der Waals surface area contributed by atoms with Gasteiger partial charge in [-0.3, -0.25) is 4.79 Å². The van der Waals surface area contributed by atoms with Crippen molar-refractivity contribution in [1.29, 1.82) is 0 Å². The van der Waals surface area contributed by atoms with Gasteiger partial charge in [0.2, 0.25) is 5.91 Å². The van der Waals surface area contributed by atoms with E-state index in [1.165, 1.54) is 25.7 Å². The maximum Gasteiger partial charge on any atom is 0.328 e. The number of hydrogen-bond donors (Lipinski definition) is 0. The van der Waals surface area contributed by atoms with Gasteiger partial charge in [-0.1, -0.05) is 12.8 Å². The van der Waals surface area contributed by atoms with E-state index < -0.39 is 6.04 Å². The summed E-state index contributed by atoms with van der Waals surface area (Å²) in [4.78, 5) is 26.7. The quantitative estimate of drug-likeness (QED) is 0.575. The zero-order valence-corrected chi connectivity index (χ0v) is 15.2. The molecule has 1 aromatic rings. The van der Waals surface area contributed by atoms with E-state index in [1.54, 1.807) is 17.0 Å². The highest BCUT2D eigenvalue weighted by atomic mass is 19.1. The average Bonchev–Trinajstić information content (AvgIpc) is 3.05. The maximum atomic E-state index is 12.9. The summed E-state index contributed by atoms with van der Waals surface area (Å²) >= 11 is 0. The number of ether oxygens (including phenoxy) is 2. The van der Waals surface area contributed by atoms with Crippen molar-refractivity contribution in [3.63, 3.8) is 0 Å². The van der Waals surface area contributed by atoms with Crippen LogP contribution in [0.4, 0.5) is 4.39 Å². The van der Waals surface area contributed by atoms with Gasteiger partial charge in [0.25, 0.3) is 0 Å². The Bertz CT molecular complexity index is 633. The Labute approximate surface area is 153 Å². The van der Waals surface area contributed by atoms with Gasteiger partial charge >= 0.3 is 5.97 Å². The summed E-state index contributed by atoms with van der Waals surface area (Å²) in [5.41, 5.74) is 0. The first kappa shape index (κ1) is 18.7. The van der Waals surface area contributed by atoms with Gasteiger partial charge in [-0.15, -0.1) is 0 Å². The van der Waals surface area contributed by atoms with E-state index in [-0.39, 0.29) is 23.7 Å². The van der Waals surface area contributed by atoms with Crippen LogP contribution >= 0.6 is 0 Å². The lowest BCUT2D eigenvalue weighted by Crippen LogP contribution is -2.46. The van der Waals surface area contributed by atoms with Gasteiger partial charge in [0, 0.05) is 12.5 Å². The van der Waals surface area contributed by atoms with Crippen LogP contribution in [0.1, 0.15) is 44.9 Å². The molecule has 0 radical (unpaired) electrons. The Morgan fingerprint density at radius 2 is 1.92 bits per heavy atom. The molecule has 0 N–H and O–H groups in total. The van der Waals surface area contributed by atoms with Crippen LogP contribution in [0, 0.1) is 11.7 Å². The molecular weight excluding hydrogens is 337 g/mol. The van der Waals surface area contributed by atoms with Crippen molar-refractivity contribution >= 4 is 11.9 Å². The molecule has 26 heavy (non-hydrogen) atoms. The van der Waals surface area contributed by atoms with Gasteiger partial charge in [-0.05, 0) is 55.9 Å². The monoisotopic (exact) mass is 363 g/mol. The molecule has 1 saturated heterocycles. The number of fused-ring (bicyclic) bond motifs is 1. The molecule has 3 unspecified atom stereocenters. The maximum absolute atomic E-state index is 12.9. The molecule has 0 spiro atoms. The van der Waals surface area contributed by atoms with Crippen LogP contribution in [-0.4, -0.2) is 42.6 Å². The minimum absolute atomic E-state index is 0.00231. The molecule has 0 bridgehead atoms. The van der Waals surface area contributed by atoms with Crippen LogP contribution in [-0.2, 0) is 14.3 Å². The standard InChI is InChI=1S/C20H26FNO4/c1-25-20(24)18-13-14-5-2-3-6-17(14)22(18)19(23)7-4-12-26-16-10-8-15(21)9-11-16/h8-11,14,17-18H,2-7,12-13H2,1H3. The van der Waals surface area contributed by atoms with E-state index in [2.05, 4.69) is 0 Å². The Hall–Kier alpha value is -2.11.